The number of aliphatic hydroxyl groups excluding tert-OH is 1. The zero-order valence-corrected chi connectivity index (χ0v) is 15.5. The van der Waals surface area contributed by atoms with Gasteiger partial charge in [-0.2, -0.15) is 0 Å². The van der Waals surface area contributed by atoms with E-state index < -0.39 is 6.10 Å². The van der Waals surface area contributed by atoms with Gasteiger partial charge in [-0.05, 0) is 64.2 Å². The Morgan fingerprint density at radius 2 is 1.88 bits per heavy atom. The second kappa shape index (κ2) is 11.1. The van der Waals surface area contributed by atoms with E-state index >= 15 is 0 Å². The first-order valence-electron chi connectivity index (χ1n) is 8.65. The van der Waals surface area contributed by atoms with Crippen molar-refractivity contribution < 1.29 is 14.6 Å². The van der Waals surface area contributed by atoms with Gasteiger partial charge in [0, 0.05) is 0 Å². The Labute approximate surface area is 147 Å². The fourth-order valence-corrected chi connectivity index (χ4v) is 2.35. The molecule has 1 N–H and O–H groups in total. The zero-order chi connectivity index (χ0) is 17.9. The number of ether oxygens (including phenoxy) is 2. The van der Waals surface area contributed by atoms with Crippen LogP contribution in [0.2, 0.25) is 0 Å². The summed E-state index contributed by atoms with van der Waals surface area (Å²) < 4.78 is 10.9. The standard InChI is InChI=1S/C21H32O3/c1-16(2)7-6-8-17(3)9-14-21(22)18(4)24-15-19-10-12-20(23-5)13-11-19/h9-13,18,21-22H,1,6-8,14-15H2,2-5H3. The summed E-state index contributed by atoms with van der Waals surface area (Å²) in [5.41, 5.74) is 3.61. The number of methoxy groups -OCH3 is 1. The van der Waals surface area contributed by atoms with Crippen molar-refractivity contribution in [1.29, 1.82) is 0 Å². The summed E-state index contributed by atoms with van der Waals surface area (Å²) >= 11 is 0. The molecular formula is C21H32O3. The molecule has 0 aromatic heterocycles. The van der Waals surface area contributed by atoms with Gasteiger partial charge in [0.2, 0.25) is 0 Å². The molecule has 0 amide bonds. The van der Waals surface area contributed by atoms with Gasteiger partial charge in [0.15, 0.2) is 0 Å². The lowest BCUT2D eigenvalue weighted by molar-refractivity contribution is -0.0334. The van der Waals surface area contributed by atoms with Crippen molar-refractivity contribution in [3.05, 3.63) is 53.6 Å². The number of aliphatic hydroxyl groups is 1. The molecule has 1 aromatic rings. The van der Waals surface area contributed by atoms with Gasteiger partial charge in [-0.15, -0.1) is 6.58 Å². The minimum Gasteiger partial charge on any atom is -0.497 e. The molecule has 2 atom stereocenters. The largest absolute Gasteiger partial charge is 0.497 e. The van der Waals surface area contributed by atoms with E-state index in [1.807, 2.05) is 31.2 Å². The Bertz CT molecular complexity index is 516. The van der Waals surface area contributed by atoms with Crippen LogP contribution in [0.1, 0.15) is 52.0 Å². The average molecular weight is 332 g/mol. The van der Waals surface area contributed by atoms with Crippen LogP contribution < -0.4 is 4.74 Å². The lowest BCUT2D eigenvalue weighted by Gasteiger charge is -2.19. The van der Waals surface area contributed by atoms with Crippen LogP contribution in [0.5, 0.6) is 5.75 Å². The van der Waals surface area contributed by atoms with Gasteiger partial charge in [0.05, 0.1) is 25.9 Å². The molecule has 0 aliphatic carbocycles. The highest BCUT2D eigenvalue weighted by molar-refractivity contribution is 5.26. The van der Waals surface area contributed by atoms with Gasteiger partial charge in [0.1, 0.15) is 5.75 Å². The number of hydrogen-bond donors (Lipinski definition) is 1. The highest BCUT2D eigenvalue weighted by Crippen LogP contribution is 2.15. The Morgan fingerprint density at radius 1 is 1.21 bits per heavy atom. The van der Waals surface area contributed by atoms with Crippen LogP contribution in [0.3, 0.4) is 0 Å². The summed E-state index contributed by atoms with van der Waals surface area (Å²) in [6.07, 6.45) is 5.30. The molecule has 0 radical (unpaired) electrons. The van der Waals surface area contributed by atoms with Gasteiger partial charge in [-0.3, -0.25) is 0 Å². The monoisotopic (exact) mass is 332 g/mol. The van der Waals surface area contributed by atoms with E-state index in [1.165, 1.54) is 11.1 Å². The summed E-state index contributed by atoms with van der Waals surface area (Å²) in [7, 11) is 1.65. The lowest BCUT2D eigenvalue weighted by Crippen LogP contribution is -2.25. The Morgan fingerprint density at radius 3 is 2.46 bits per heavy atom. The molecule has 0 bridgehead atoms. The number of hydrogen-bond acceptors (Lipinski definition) is 3. The molecule has 1 aromatic carbocycles. The third-order valence-corrected chi connectivity index (χ3v) is 4.10. The van der Waals surface area contributed by atoms with Crippen LogP contribution in [0.25, 0.3) is 0 Å². The van der Waals surface area contributed by atoms with Crippen LogP contribution in [-0.4, -0.2) is 24.4 Å². The maximum atomic E-state index is 10.2. The number of benzene rings is 1. The highest BCUT2D eigenvalue weighted by atomic mass is 16.5. The van der Waals surface area contributed by atoms with Crippen molar-refractivity contribution in [3.8, 4) is 5.75 Å². The van der Waals surface area contributed by atoms with Crippen molar-refractivity contribution in [2.75, 3.05) is 7.11 Å². The molecule has 0 saturated heterocycles. The molecule has 2 unspecified atom stereocenters. The van der Waals surface area contributed by atoms with Gasteiger partial charge in [-0.25, -0.2) is 0 Å². The molecule has 3 nitrogen and oxygen atoms in total. The third kappa shape index (κ3) is 8.32. The highest BCUT2D eigenvalue weighted by Gasteiger charge is 2.13. The minimum absolute atomic E-state index is 0.202. The van der Waals surface area contributed by atoms with Gasteiger partial charge in [0.25, 0.3) is 0 Å². The topological polar surface area (TPSA) is 38.7 Å². The van der Waals surface area contributed by atoms with E-state index in [2.05, 4.69) is 26.5 Å². The summed E-state index contributed by atoms with van der Waals surface area (Å²) in [4.78, 5) is 0. The average Bonchev–Trinajstić information content (AvgIpc) is 2.57. The van der Waals surface area contributed by atoms with Crippen LogP contribution in [-0.2, 0) is 11.3 Å². The third-order valence-electron chi connectivity index (χ3n) is 4.10. The number of allylic oxidation sites excluding steroid dienone is 2. The predicted octanol–water partition coefficient (Wildman–Crippen LogP) is 5.04. The first-order chi connectivity index (χ1) is 11.4. The van der Waals surface area contributed by atoms with Gasteiger partial charge in [-0.1, -0.05) is 29.4 Å². The maximum absolute atomic E-state index is 10.2. The smallest absolute Gasteiger partial charge is 0.118 e. The van der Waals surface area contributed by atoms with Crippen molar-refractivity contribution in [3.63, 3.8) is 0 Å². The fraction of sp³-hybridized carbons (Fsp3) is 0.524. The maximum Gasteiger partial charge on any atom is 0.118 e. The van der Waals surface area contributed by atoms with Crippen molar-refractivity contribution in [2.24, 2.45) is 0 Å². The number of rotatable bonds is 11. The normalized spacial score (nSPS) is 14.3. The second-order valence-electron chi connectivity index (χ2n) is 6.53. The molecule has 3 heteroatoms. The lowest BCUT2D eigenvalue weighted by atomic mass is 10.0. The first-order valence-corrected chi connectivity index (χ1v) is 8.65. The van der Waals surface area contributed by atoms with Gasteiger partial charge >= 0.3 is 0 Å². The molecule has 0 aliphatic rings. The van der Waals surface area contributed by atoms with E-state index in [-0.39, 0.29) is 6.10 Å². The van der Waals surface area contributed by atoms with Crippen molar-refractivity contribution >= 4 is 0 Å². The summed E-state index contributed by atoms with van der Waals surface area (Å²) in [6.45, 7) is 10.5. The zero-order valence-electron chi connectivity index (χ0n) is 15.5. The SMILES string of the molecule is C=C(C)CCCC(C)=CCC(O)C(C)OCc1ccc(OC)cc1. The molecular weight excluding hydrogens is 300 g/mol. The minimum atomic E-state index is -0.487. The summed E-state index contributed by atoms with van der Waals surface area (Å²) in [6, 6.07) is 7.78. The Kier molecular flexibility index (Phi) is 9.43. The molecule has 1 rings (SSSR count). The molecule has 134 valence electrons. The second-order valence-corrected chi connectivity index (χ2v) is 6.53. The molecule has 0 aliphatic heterocycles. The van der Waals surface area contributed by atoms with Crippen LogP contribution in [0, 0.1) is 0 Å². The van der Waals surface area contributed by atoms with E-state index in [0.717, 1.165) is 30.6 Å². The van der Waals surface area contributed by atoms with E-state index in [9.17, 15) is 5.11 Å². The Hall–Kier alpha value is -1.58. The molecule has 0 fully saturated rings. The van der Waals surface area contributed by atoms with Crippen LogP contribution >= 0.6 is 0 Å². The van der Waals surface area contributed by atoms with Crippen molar-refractivity contribution in [1.82, 2.24) is 0 Å². The summed E-state index contributed by atoms with van der Waals surface area (Å²) in [5, 5.41) is 10.2. The van der Waals surface area contributed by atoms with Crippen LogP contribution in [0.4, 0.5) is 0 Å². The Balaban J connectivity index is 2.32. The van der Waals surface area contributed by atoms with Crippen LogP contribution in [0.15, 0.2) is 48.1 Å². The molecule has 24 heavy (non-hydrogen) atoms. The van der Waals surface area contributed by atoms with E-state index in [0.29, 0.717) is 13.0 Å². The van der Waals surface area contributed by atoms with Crippen molar-refractivity contribution in [2.45, 2.75) is 65.3 Å². The summed E-state index contributed by atoms with van der Waals surface area (Å²) in [5.74, 6) is 0.832. The first kappa shape index (κ1) is 20.5. The van der Waals surface area contributed by atoms with E-state index in [4.69, 9.17) is 9.47 Å². The molecule has 0 spiro atoms. The fourth-order valence-electron chi connectivity index (χ4n) is 2.35. The predicted molar refractivity (Wildman–Crippen MR) is 100 cm³/mol. The quantitative estimate of drug-likeness (QED) is 0.577. The van der Waals surface area contributed by atoms with E-state index in [1.54, 1.807) is 7.11 Å². The molecule has 0 saturated carbocycles. The molecule has 0 heterocycles. The van der Waals surface area contributed by atoms with Gasteiger partial charge < -0.3 is 14.6 Å².